The number of hydrogen-bond acceptors (Lipinski definition) is 2. The van der Waals surface area contributed by atoms with Crippen molar-refractivity contribution in [1.82, 2.24) is 9.78 Å². The third-order valence-electron chi connectivity index (χ3n) is 2.59. The molecule has 3 nitrogen and oxygen atoms in total. The minimum absolute atomic E-state index is 0.264. The number of aromatic nitrogens is 2. The second kappa shape index (κ2) is 3.38. The van der Waals surface area contributed by atoms with Gasteiger partial charge in [0.05, 0.1) is 22.8 Å². The van der Waals surface area contributed by atoms with Crippen LogP contribution in [0.2, 0.25) is 0 Å². The van der Waals surface area contributed by atoms with Gasteiger partial charge in [-0.15, -0.1) is 0 Å². The highest BCUT2D eigenvalue weighted by atomic mass is 16.3. The summed E-state index contributed by atoms with van der Waals surface area (Å²) in [6.45, 7) is 0. The van der Waals surface area contributed by atoms with Gasteiger partial charge in [-0.25, -0.2) is 4.68 Å². The Bertz CT molecular complexity index is 629. The predicted octanol–water partition coefficient (Wildman–Crippen LogP) is 2.73. The molecule has 1 N–H and O–H groups in total. The van der Waals surface area contributed by atoms with Crippen LogP contribution in [0.3, 0.4) is 0 Å². The molecule has 1 aromatic heterocycles. The SMILES string of the molecule is Oc1cccc2c1cnn2-c1ccccc1. The Morgan fingerprint density at radius 1 is 0.938 bits per heavy atom. The van der Waals surface area contributed by atoms with Crippen LogP contribution >= 0.6 is 0 Å². The fraction of sp³-hybridized carbons (Fsp3) is 0. The van der Waals surface area contributed by atoms with Crippen LogP contribution in [0.15, 0.2) is 54.7 Å². The van der Waals surface area contributed by atoms with Gasteiger partial charge in [-0.2, -0.15) is 5.10 Å². The minimum Gasteiger partial charge on any atom is -0.507 e. The van der Waals surface area contributed by atoms with Crippen LogP contribution in [0, 0.1) is 0 Å². The Hall–Kier alpha value is -2.29. The maximum absolute atomic E-state index is 9.68. The van der Waals surface area contributed by atoms with Gasteiger partial charge >= 0.3 is 0 Å². The van der Waals surface area contributed by atoms with Gasteiger partial charge in [-0.1, -0.05) is 24.3 Å². The maximum atomic E-state index is 9.68. The summed E-state index contributed by atoms with van der Waals surface area (Å²) in [6.07, 6.45) is 1.68. The number of rotatable bonds is 1. The zero-order valence-electron chi connectivity index (χ0n) is 8.54. The first-order valence-corrected chi connectivity index (χ1v) is 5.07. The quantitative estimate of drug-likeness (QED) is 0.670. The number of phenols is 1. The third kappa shape index (κ3) is 1.26. The molecular formula is C13H10N2O. The van der Waals surface area contributed by atoms with E-state index in [0.717, 1.165) is 16.6 Å². The Morgan fingerprint density at radius 2 is 1.75 bits per heavy atom. The molecule has 3 aromatic rings. The molecular weight excluding hydrogens is 200 g/mol. The first-order valence-electron chi connectivity index (χ1n) is 5.07. The average Bonchev–Trinajstić information content (AvgIpc) is 2.75. The summed E-state index contributed by atoms with van der Waals surface area (Å²) in [5, 5.41) is 14.7. The van der Waals surface area contributed by atoms with Gasteiger partial charge in [0.2, 0.25) is 0 Å². The third-order valence-corrected chi connectivity index (χ3v) is 2.59. The van der Waals surface area contributed by atoms with Crippen molar-refractivity contribution in [2.75, 3.05) is 0 Å². The maximum Gasteiger partial charge on any atom is 0.126 e. The highest BCUT2D eigenvalue weighted by molar-refractivity contribution is 5.85. The van der Waals surface area contributed by atoms with E-state index in [1.807, 2.05) is 47.1 Å². The molecule has 3 rings (SSSR count). The molecule has 3 heteroatoms. The minimum atomic E-state index is 0.264. The molecule has 0 aliphatic heterocycles. The van der Waals surface area contributed by atoms with Crippen LogP contribution in [0.1, 0.15) is 0 Å². The van der Waals surface area contributed by atoms with Gasteiger partial charge in [0, 0.05) is 0 Å². The Labute approximate surface area is 92.6 Å². The lowest BCUT2D eigenvalue weighted by molar-refractivity contribution is 0.481. The molecule has 0 spiro atoms. The zero-order valence-corrected chi connectivity index (χ0v) is 8.54. The second-order valence-electron chi connectivity index (χ2n) is 3.60. The molecule has 78 valence electrons. The van der Waals surface area contributed by atoms with Crippen molar-refractivity contribution in [2.45, 2.75) is 0 Å². The first kappa shape index (κ1) is 8.97. The molecule has 16 heavy (non-hydrogen) atoms. The first-order chi connectivity index (χ1) is 7.86. The molecule has 0 unspecified atom stereocenters. The van der Waals surface area contributed by atoms with Crippen molar-refractivity contribution < 1.29 is 5.11 Å². The number of benzene rings is 2. The summed E-state index contributed by atoms with van der Waals surface area (Å²) in [5.74, 6) is 0.264. The van der Waals surface area contributed by atoms with Gasteiger partial charge in [-0.05, 0) is 24.3 Å². The van der Waals surface area contributed by atoms with Crippen molar-refractivity contribution in [2.24, 2.45) is 0 Å². The van der Waals surface area contributed by atoms with Crippen molar-refractivity contribution in [3.63, 3.8) is 0 Å². The standard InChI is InChI=1S/C13H10N2O/c16-13-8-4-7-12-11(13)9-14-15(12)10-5-2-1-3-6-10/h1-9,16H. The summed E-state index contributed by atoms with van der Waals surface area (Å²) < 4.78 is 1.81. The highest BCUT2D eigenvalue weighted by Gasteiger charge is 2.06. The van der Waals surface area contributed by atoms with Crippen LogP contribution in [0.5, 0.6) is 5.75 Å². The van der Waals surface area contributed by atoms with Crippen molar-refractivity contribution in [1.29, 1.82) is 0 Å². The van der Waals surface area contributed by atoms with Crippen molar-refractivity contribution in [3.8, 4) is 11.4 Å². The lowest BCUT2D eigenvalue weighted by Gasteiger charge is -2.02. The van der Waals surface area contributed by atoms with Crippen LogP contribution in [-0.2, 0) is 0 Å². The molecule has 1 heterocycles. The van der Waals surface area contributed by atoms with Gasteiger partial charge in [-0.3, -0.25) is 0 Å². The summed E-state index contributed by atoms with van der Waals surface area (Å²) >= 11 is 0. The molecule has 0 atom stereocenters. The summed E-state index contributed by atoms with van der Waals surface area (Å²) in [6, 6.07) is 15.3. The molecule has 0 amide bonds. The number of hydrogen-bond donors (Lipinski definition) is 1. The normalized spacial score (nSPS) is 10.8. The lowest BCUT2D eigenvalue weighted by atomic mass is 10.2. The van der Waals surface area contributed by atoms with E-state index >= 15 is 0 Å². The van der Waals surface area contributed by atoms with E-state index in [0.29, 0.717) is 0 Å². The van der Waals surface area contributed by atoms with E-state index in [-0.39, 0.29) is 5.75 Å². The second-order valence-corrected chi connectivity index (χ2v) is 3.60. The van der Waals surface area contributed by atoms with Crippen LogP contribution in [0.4, 0.5) is 0 Å². The number of aromatic hydroxyl groups is 1. The van der Waals surface area contributed by atoms with E-state index in [1.54, 1.807) is 12.3 Å². The Kier molecular flexibility index (Phi) is 1.90. The summed E-state index contributed by atoms with van der Waals surface area (Å²) in [5.41, 5.74) is 1.90. The molecule has 2 aromatic carbocycles. The van der Waals surface area contributed by atoms with E-state index in [9.17, 15) is 5.11 Å². The van der Waals surface area contributed by atoms with Gasteiger partial charge in [0.15, 0.2) is 0 Å². The van der Waals surface area contributed by atoms with E-state index in [4.69, 9.17) is 0 Å². The van der Waals surface area contributed by atoms with E-state index in [2.05, 4.69) is 5.10 Å². The largest absolute Gasteiger partial charge is 0.507 e. The molecule has 0 bridgehead atoms. The van der Waals surface area contributed by atoms with Crippen molar-refractivity contribution >= 4 is 10.9 Å². The molecule has 0 saturated heterocycles. The zero-order chi connectivity index (χ0) is 11.0. The average molecular weight is 210 g/mol. The molecule has 0 radical (unpaired) electrons. The highest BCUT2D eigenvalue weighted by Crippen LogP contribution is 2.25. The van der Waals surface area contributed by atoms with Crippen LogP contribution in [0.25, 0.3) is 16.6 Å². The fourth-order valence-electron chi connectivity index (χ4n) is 1.81. The van der Waals surface area contributed by atoms with Gasteiger partial charge < -0.3 is 5.11 Å². The topological polar surface area (TPSA) is 38.1 Å². The van der Waals surface area contributed by atoms with Crippen LogP contribution in [-0.4, -0.2) is 14.9 Å². The Morgan fingerprint density at radius 3 is 2.56 bits per heavy atom. The van der Waals surface area contributed by atoms with Crippen molar-refractivity contribution in [3.05, 3.63) is 54.7 Å². The number of nitrogens with zero attached hydrogens (tertiary/aromatic N) is 2. The molecule has 0 aliphatic rings. The van der Waals surface area contributed by atoms with Gasteiger partial charge in [0.1, 0.15) is 5.75 Å². The molecule has 0 aliphatic carbocycles. The molecule has 0 saturated carbocycles. The summed E-state index contributed by atoms with van der Waals surface area (Å²) in [4.78, 5) is 0. The number of fused-ring (bicyclic) bond motifs is 1. The number of phenolic OH excluding ortho intramolecular Hbond substituents is 1. The van der Waals surface area contributed by atoms with E-state index < -0.39 is 0 Å². The fourth-order valence-corrected chi connectivity index (χ4v) is 1.81. The van der Waals surface area contributed by atoms with E-state index in [1.165, 1.54) is 0 Å². The summed E-state index contributed by atoms with van der Waals surface area (Å²) in [7, 11) is 0. The van der Waals surface area contributed by atoms with Gasteiger partial charge in [0.25, 0.3) is 0 Å². The van der Waals surface area contributed by atoms with Crippen LogP contribution < -0.4 is 0 Å². The smallest absolute Gasteiger partial charge is 0.126 e. The lowest BCUT2D eigenvalue weighted by Crippen LogP contribution is -1.94. The predicted molar refractivity (Wildman–Crippen MR) is 62.7 cm³/mol. The molecule has 0 fully saturated rings. The monoisotopic (exact) mass is 210 g/mol. The Balaban J connectivity index is 2.30. The number of para-hydroxylation sites is 1.